The van der Waals surface area contributed by atoms with Gasteiger partial charge in [0, 0.05) is 14.8 Å². The number of nitrogens with one attached hydrogen (secondary N) is 1. The van der Waals surface area contributed by atoms with Crippen LogP contribution >= 0.6 is 22.6 Å². The molecule has 0 aromatic heterocycles. The average Bonchev–Trinajstić information content (AvgIpc) is 3.34. The zero-order valence-corrected chi connectivity index (χ0v) is 16.4. The lowest BCUT2D eigenvalue weighted by Crippen LogP contribution is -2.27. The first-order valence-electron chi connectivity index (χ1n) is 8.06. The molecule has 11 heteroatoms. The van der Waals surface area contributed by atoms with Crippen molar-refractivity contribution in [3.8, 4) is 0 Å². The fraction of sp³-hybridized carbons (Fsp3) is 0.278. The first-order chi connectivity index (χ1) is 13.3. The summed E-state index contributed by atoms with van der Waals surface area (Å²) in [7, 11) is 0. The summed E-state index contributed by atoms with van der Waals surface area (Å²) in [4.78, 5) is 12.1. The van der Waals surface area contributed by atoms with Crippen LogP contribution in [-0.4, -0.2) is 6.09 Å². The maximum Gasteiger partial charge on any atom is 0.416 e. The van der Waals surface area contributed by atoms with Crippen LogP contribution in [0.4, 0.5) is 41.2 Å². The van der Waals surface area contributed by atoms with Gasteiger partial charge in [-0.2, -0.15) is 26.3 Å². The summed E-state index contributed by atoms with van der Waals surface area (Å²) in [6.07, 6.45) is -11.1. The van der Waals surface area contributed by atoms with Gasteiger partial charge in [-0.1, -0.05) is 0 Å². The zero-order chi connectivity index (χ0) is 21.6. The summed E-state index contributed by atoms with van der Waals surface area (Å²) >= 11 is 1.38. The number of hydrogen-bond donors (Lipinski definition) is 1. The molecular formula is C18H11F7INO2. The van der Waals surface area contributed by atoms with Gasteiger partial charge in [0.1, 0.15) is 11.4 Å². The van der Waals surface area contributed by atoms with E-state index in [0.717, 1.165) is 12.1 Å². The van der Waals surface area contributed by atoms with Crippen LogP contribution in [0.3, 0.4) is 0 Å². The molecule has 0 heterocycles. The van der Waals surface area contributed by atoms with Crippen molar-refractivity contribution in [1.82, 2.24) is 0 Å². The molecule has 0 atom stereocenters. The molecule has 2 aromatic rings. The van der Waals surface area contributed by atoms with E-state index in [2.05, 4.69) is 5.32 Å². The van der Waals surface area contributed by atoms with Crippen LogP contribution in [0.1, 0.15) is 29.5 Å². The lowest BCUT2D eigenvalue weighted by atomic mass is 9.97. The number of alkyl halides is 6. The molecule has 3 rings (SSSR count). The van der Waals surface area contributed by atoms with E-state index >= 15 is 0 Å². The van der Waals surface area contributed by atoms with Gasteiger partial charge >= 0.3 is 18.4 Å². The van der Waals surface area contributed by atoms with Crippen molar-refractivity contribution >= 4 is 34.4 Å². The van der Waals surface area contributed by atoms with Crippen LogP contribution in [0.25, 0.3) is 0 Å². The molecule has 3 nitrogen and oxygen atoms in total. The number of amides is 1. The first kappa shape index (κ1) is 21.7. The Labute approximate surface area is 173 Å². The summed E-state index contributed by atoms with van der Waals surface area (Å²) in [5, 5.41) is 2.26. The number of ether oxygens (including phenoxy) is 1. The second-order valence-corrected chi connectivity index (χ2v) is 7.55. The van der Waals surface area contributed by atoms with Crippen LogP contribution in [0, 0.1) is 9.39 Å². The highest BCUT2D eigenvalue weighted by Gasteiger charge is 2.55. The van der Waals surface area contributed by atoms with Gasteiger partial charge in [-0.25, -0.2) is 9.18 Å². The Morgan fingerprint density at radius 2 is 1.59 bits per heavy atom. The first-order valence-corrected chi connectivity index (χ1v) is 9.14. The van der Waals surface area contributed by atoms with Gasteiger partial charge in [0.25, 0.3) is 0 Å². The van der Waals surface area contributed by atoms with Crippen LogP contribution in [0.5, 0.6) is 0 Å². The molecule has 0 aliphatic heterocycles. The van der Waals surface area contributed by atoms with E-state index < -0.39 is 46.6 Å². The molecule has 1 saturated carbocycles. The smallest absolute Gasteiger partial charge is 0.416 e. The topological polar surface area (TPSA) is 38.3 Å². The van der Waals surface area contributed by atoms with E-state index in [1.165, 1.54) is 34.7 Å². The monoisotopic (exact) mass is 533 g/mol. The minimum atomic E-state index is -5.08. The van der Waals surface area contributed by atoms with Gasteiger partial charge in [0.2, 0.25) is 0 Å². The molecule has 156 valence electrons. The standard InChI is InChI=1S/C18H11F7INO2/c19-10-1-3-11(4-2-10)27-15(28)29-16(5-6-16)14-12(18(23,24)25)7-9(8-13(14)26)17(20,21)22/h1-4,7-8H,5-6H2,(H,27,28). The minimum Gasteiger partial charge on any atom is -0.438 e. The molecule has 1 N–H and O–H groups in total. The Balaban J connectivity index is 1.94. The van der Waals surface area contributed by atoms with Crippen molar-refractivity contribution in [3.63, 3.8) is 0 Å². The van der Waals surface area contributed by atoms with Crippen LogP contribution in [-0.2, 0) is 22.7 Å². The number of hydrogen-bond acceptors (Lipinski definition) is 2. The summed E-state index contributed by atoms with van der Waals surface area (Å²) < 4.78 is 97.2. The summed E-state index contributed by atoms with van der Waals surface area (Å²) in [5.41, 5.74) is -4.98. The number of carbonyl (C=O) groups excluding carboxylic acids is 1. The molecule has 2 aromatic carbocycles. The Kier molecular flexibility index (Phi) is 5.47. The maximum absolute atomic E-state index is 13.5. The molecular weight excluding hydrogens is 522 g/mol. The Hall–Kier alpha value is -2.05. The lowest BCUT2D eigenvalue weighted by Gasteiger charge is -2.24. The number of anilines is 1. The number of benzene rings is 2. The zero-order valence-electron chi connectivity index (χ0n) is 14.2. The molecule has 1 amide bonds. The minimum absolute atomic E-state index is 0.0221. The van der Waals surface area contributed by atoms with Crippen molar-refractivity contribution in [3.05, 3.63) is 62.5 Å². The van der Waals surface area contributed by atoms with E-state index in [9.17, 15) is 35.5 Å². The largest absolute Gasteiger partial charge is 0.438 e. The highest BCUT2D eigenvalue weighted by molar-refractivity contribution is 14.1. The molecule has 0 saturated heterocycles. The third kappa shape index (κ3) is 4.75. The number of halogens is 8. The predicted octanol–water partition coefficient (Wildman–Crippen LogP) is 6.71. The van der Waals surface area contributed by atoms with E-state index in [0.29, 0.717) is 6.07 Å². The van der Waals surface area contributed by atoms with Gasteiger partial charge in [0.15, 0.2) is 0 Å². The molecule has 0 unspecified atom stereocenters. The normalized spacial score (nSPS) is 15.7. The summed E-state index contributed by atoms with van der Waals surface area (Å²) in [6.45, 7) is 0. The molecule has 1 aliphatic carbocycles. The van der Waals surface area contributed by atoms with Gasteiger partial charge in [-0.15, -0.1) is 0 Å². The van der Waals surface area contributed by atoms with Gasteiger partial charge in [-0.05, 0) is 71.8 Å². The van der Waals surface area contributed by atoms with Crippen molar-refractivity contribution in [1.29, 1.82) is 0 Å². The van der Waals surface area contributed by atoms with Crippen molar-refractivity contribution in [2.45, 2.75) is 30.8 Å². The van der Waals surface area contributed by atoms with E-state index in [4.69, 9.17) is 4.74 Å². The quantitative estimate of drug-likeness (QED) is 0.352. The third-order valence-corrected chi connectivity index (χ3v) is 5.11. The van der Waals surface area contributed by atoms with Crippen LogP contribution < -0.4 is 5.32 Å². The van der Waals surface area contributed by atoms with Gasteiger partial charge in [-0.3, -0.25) is 5.32 Å². The Morgan fingerprint density at radius 3 is 2.07 bits per heavy atom. The van der Waals surface area contributed by atoms with Crippen molar-refractivity contribution < 1.29 is 40.3 Å². The second-order valence-electron chi connectivity index (χ2n) is 6.39. The Bertz CT molecular complexity index is 935. The lowest BCUT2D eigenvalue weighted by molar-refractivity contribution is -0.144. The molecule has 0 spiro atoms. The van der Waals surface area contributed by atoms with E-state index in [1.807, 2.05) is 0 Å². The molecule has 0 radical (unpaired) electrons. The second kappa shape index (κ2) is 7.33. The number of carbonyl (C=O) groups is 1. The Morgan fingerprint density at radius 1 is 1.00 bits per heavy atom. The maximum atomic E-state index is 13.5. The van der Waals surface area contributed by atoms with Gasteiger partial charge in [0.05, 0.1) is 11.1 Å². The highest BCUT2D eigenvalue weighted by atomic mass is 127. The molecule has 1 fully saturated rings. The average molecular weight is 533 g/mol. The van der Waals surface area contributed by atoms with Crippen LogP contribution in [0.2, 0.25) is 0 Å². The third-order valence-electron chi connectivity index (χ3n) is 4.26. The number of rotatable bonds is 3. The van der Waals surface area contributed by atoms with Crippen molar-refractivity contribution in [2.75, 3.05) is 5.32 Å². The van der Waals surface area contributed by atoms with Crippen LogP contribution in [0.15, 0.2) is 36.4 Å². The SMILES string of the molecule is O=C(Nc1ccc(F)cc1)OC1(c2c(I)cc(C(F)(F)F)cc2C(F)(F)F)CC1. The van der Waals surface area contributed by atoms with E-state index in [1.54, 1.807) is 0 Å². The summed E-state index contributed by atoms with van der Waals surface area (Å²) in [5.74, 6) is -0.559. The highest BCUT2D eigenvalue weighted by Crippen LogP contribution is 2.55. The van der Waals surface area contributed by atoms with Crippen molar-refractivity contribution in [2.24, 2.45) is 0 Å². The fourth-order valence-corrected chi connectivity index (χ4v) is 3.95. The predicted molar refractivity (Wildman–Crippen MR) is 96.6 cm³/mol. The molecule has 29 heavy (non-hydrogen) atoms. The fourth-order valence-electron chi connectivity index (χ4n) is 2.83. The molecule has 0 bridgehead atoms. The van der Waals surface area contributed by atoms with E-state index in [-0.39, 0.29) is 28.2 Å². The molecule has 1 aliphatic rings. The summed E-state index contributed by atoms with van der Waals surface area (Å²) in [6, 6.07) is 5.18. The van der Waals surface area contributed by atoms with Gasteiger partial charge < -0.3 is 4.74 Å².